The molecule has 2 aromatic carbocycles. The Balaban J connectivity index is 1.46. The molecule has 2 atom stereocenters. The fourth-order valence-corrected chi connectivity index (χ4v) is 4.51. The minimum Gasteiger partial charge on any atom is -0.481 e. The lowest BCUT2D eigenvalue weighted by molar-refractivity contribution is -0.142. The van der Waals surface area contributed by atoms with Gasteiger partial charge in [-0.15, -0.1) is 0 Å². The molecule has 0 saturated heterocycles. The molecular weight excluding hydrogens is 460 g/mol. The van der Waals surface area contributed by atoms with Gasteiger partial charge in [0.25, 0.3) is 0 Å². The van der Waals surface area contributed by atoms with E-state index in [0.29, 0.717) is 25.8 Å². The third kappa shape index (κ3) is 7.23. The molecule has 0 spiro atoms. The van der Waals surface area contributed by atoms with E-state index in [1.807, 2.05) is 36.4 Å². The molecule has 0 fully saturated rings. The first-order chi connectivity index (χ1) is 17.1. The number of amides is 2. The Labute approximate surface area is 212 Å². The fraction of sp³-hybridized carbons (Fsp3) is 0.464. The number of benzene rings is 2. The number of rotatable bonds is 10. The molecule has 3 N–H and O–H groups in total. The molecule has 0 heterocycles. The van der Waals surface area contributed by atoms with Crippen LogP contribution >= 0.6 is 0 Å². The first kappa shape index (κ1) is 27.0. The monoisotopic (exact) mass is 496 g/mol. The van der Waals surface area contributed by atoms with Gasteiger partial charge in [0.1, 0.15) is 12.2 Å². The van der Waals surface area contributed by atoms with E-state index in [1.165, 1.54) is 0 Å². The van der Waals surface area contributed by atoms with Crippen molar-refractivity contribution in [2.75, 3.05) is 13.2 Å². The van der Waals surface area contributed by atoms with E-state index in [9.17, 15) is 19.5 Å². The number of carbonyl (C=O) groups is 3. The van der Waals surface area contributed by atoms with Crippen molar-refractivity contribution in [2.24, 2.45) is 5.92 Å². The number of alkyl carbamates (subject to hydrolysis) is 2. The predicted octanol–water partition coefficient (Wildman–Crippen LogP) is 5.31. The molecule has 1 aliphatic rings. The summed E-state index contributed by atoms with van der Waals surface area (Å²) in [5.74, 6) is -1.82. The van der Waals surface area contributed by atoms with E-state index in [0.717, 1.165) is 22.3 Å². The van der Waals surface area contributed by atoms with Crippen LogP contribution in [0, 0.1) is 5.92 Å². The van der Waals surface area contributed by atoms with Crippen LogP contribution in [0.3, 0.4) is 0 Å². The molecular formula is C28H36N2O6. The van der Waals surface area contributed by atoms with Crippen molar-refractivity contribution in [3.8, 4) is 11.1 Å². The molecule has 0 aromatic heterocycles. The zero-order valence-electron chi connectivity index (χ0n) is 21.4. The lowest BCUT2D eigenvalue weighted by atomic mass is 9.95. The Morgan fingerprint density at radius 2 is 1.53 bits per heavy atom. The summed E-state index contributed by atoms with van der Waals surface area (Å²) in [7, 11) is 0. The predicted molar refractivity (Wildman–Crippen MR) is 137 cm³/mol. The second kappa shape index (κ2) is 11.9. The quantitative estimate of drug-likeness (QED) is 0.384. The summed E-state index contributed by atoms with van der Waals surface area (Å²) in [4.78, 5) is 36.0. The first-order valence-corrected chi connectivity index (χ1v) is 12.4. The van der Waals surface area contributed by atoms with E-state index in [4.69, 9.17) is 9.47 Å². The molecule has 0 bridgehead atoms. The summed E-state index contributed by atoms with van der Waals surface area (Å²) in [5.41, 5.74) is 3.94. The van der Waals surface area contributed by atoms with Gasteiger partial charge in [0.15, 0.2) is 0 Å². The molecule has 194 valence electrons. The van der Waals surface area contributed by atoms with Gasteiger partial charge in [0.2, 0.25) is 0 Å². The van der Waals surface area contributed by atoms with Gasteiger partial charge in [-0.2, -0.15) is 0 Å². The maximum Gasteiger partial charge on any atom is 0.407 e. The van der Waals surface area contributed by atoms with Crippen LogP contribution in [0.1, 0.15) is 64.0 Å². The smallest absolute Gasteiger partial charge is 0.407 e. The topological polar surface area (TPSA) is 114 Å². The normalized spacial score (nSPS) is 14.2. The van der Waals surface area contributed by atoms with Crippen molar-refractivity contribution in [1.29, 1.82) is 0 Å². The molecule has 8 heteroatoms. The molecule has 8 nitrogen and oxygen atoms in total. The minimum absolute atomic E-state index is 0.0637. The Hall–Kier alpha value is -3.55. The number of carboxylic acids is 1. The Morgan fingerprint density at radius 3 is 2.08 bits per heavy atom. The van der Waals surface area contributed by atoms with Crippen LogP contribution in [0.2, 0.25) is 0 Å². The summed E-state index contributed by atoms with van der Waals surface area (Å²) in [6, 6.07) is 15.5. The minimum atomic E-state index is -0.985. The molecule has 0 aliphatic heterocycles. The highest BCUT2D eigenvalue weighted by Crippen LogP contribution is 2.44. The number of hydrogen-bond donors (Lipinski definition) is 3. The van der Waals surface area contributed by atoms with Crippen LogP contribution in [0.25, 0.3) is 11.1 Å². The van der Waals surface area contributed by atoms with Gasteiger partial charge in [-0.1, -0.05) is 55.0 Å². The van der Waals surface area contributed by atoms with Gasteiger partial charge in [-0.05, 0) is 62.8 Å². The summed E-state index contributed by atoms with van der Waals surface area (Å²) in [6.45, 7) is 7.58. The summed E-state index contributed by atoms with van der Waals surface area (Å²) in [5, 5.41) is 15.0. The summed E-state index contributed by atoms with van der Waals surface area (Å²) >= 11 is 0. The van der Waals surface area contributed by atoms with E-state index in [2.05, 4.69) is 22.8 Å². The van der Waals surface area contributed by atoms with Gasteiger partial charge in [-0.3, -0.25) is 4.79 Å². The van der Waals surface area contributed by atoms with Crippen LogP contribution in [0.4, 0.5) is 9.59 Å². The zero-order valence-corrected chi connectivity index (χ0v) is 21.4. The van der Waals surface area contributed by atoms with Gasteiger partial charge in [0, 0.05) is 18.5 Å². The lowest BCUT2D eigenvalue weighted by Gasteiger charge is -2.22. The number of aliphatic carboxylic acids is 1. The number of ether oxygens (including phenoxy) is 2. The first-order valence-electron chi connectivity index (χ1n) is 12.4. The van der Waals surface area contributed by atoms with Gasteiger partial charge < -0.3 is 25.2 Å². The van der Waals surface area contributed by atoms with Gasteiger partial charge >= 0.3 is 18.2 Å². The highest BCUT2D eigenvalue weighted by atomic mass is 16.6. The number of fused-ring (bicyclic) bond motifs is 3. The highest BCUT2D eigenvalue weighted by molar-refractivity contribution is 5.79. The van der Waals surface area contributed by atoms with Crippen molar-refractivity contribution in [3.05, 3.63) is 59.7 Å². The molecule has 3 rings (SSSR count). The van der Waals surface area contributed by atoms with Gasteiger partial charge in [0.05, 0.1) is 5.92 Å². The third-order valence-electron chi connectivity index (χ3n) is 6.22. The average Bonchev–Trinajstić information content (AvgIpc) is 3.12. The maximum absolute atomic E-state index is 12.5. The van der Waals surface area contributed by atoms with Crippen LogP contribution in [-0.2, 0) is 14.3 Å². The van der Waals surface area contributed by atoms with Crippen LogP contribution in [-0.4, -0.2) is 48.1 Å². The number of hydrogen-bond acceptors (Lipinski definition) is 5. The van der Waals surface area contributed by atoms with Crippen molar-refractivity contribution < 1.29 is 29.0 Å². The Bertz CT molecular complexity index is 1030. The summed E-state index contributed by atoms with van der Waals surface area (Å²) < 4.78 is 10.7. The SMILES string of the molecule is C[C@@H](NC(=O)OCC1c2ccccc2-c2ccccc21)[C@H](CCCCNC(=O)OC(C)(C)C)C(=O)O. The molecule has 36 heavy (non-hydrogen) atoms. The number of carboxylic acid groups (broad SMARTS) is 1. The molecule has 2 amide bonds. The molecule has 0 saturated carbocycles. The Morgan fingerprint density at radius 1 is 0.944 bits per heavy atom. The Kier molecular flexibility index (Phi) is 8.96. The van der Waals surface area contributed by atoms with Crippen molar-refractivity contribution >= 4 is 18.2 Å². The van der Waals surface area contributed by atoms with Crippen LogP contribution < -0.4 is 10.6 Å². The fourth-order valence-electron chi connectivity index (χ4n) is 4.51. The van der Waals surface area contributed by atoms with E-state index in [-0.39, 0.29) is 12.5 Å². The summed E-state index contributed by atoms with van der Waals surface area (Å²) in [6.07, 6.45) is 0.394. The second-order valence-corrected chi connectivity index (χ2v) is 10.1. The lowest BCUT2D eigenvalue weighted by Crippen LogP contribution is -2.42. The largest absolute Gasteiger partial charge is 0.481 e. The highest BCUT2D eigenvalue weighted by Gasteiger charge is 2.30. The standard InChI is InChI=1S/C28H36N2O6/c1-18(19(25(31)32)11-9-10-16-29-26(33)36-28(2,3)4)30-27(34)35-17-24-22-14-7-5-12-20(22)21-13-6-8-15-23(21)24/h5-8,12-15,18-19,24H,9-11,16-17H2,1-4H3,(H,29,33)(H,30,34)(H,31,32)/t18-,19+/m1/s1. The maximum atomic E-state index is 12.5. The van der Waals surface area contributed by atoms with Gasteiger partial charge in [-0.25, -0.2) is 9.59 Å². The zero-order chi connectivity index (χ0) is 26.3. The van der Waals surface area contributed by atoms with E-state index < -0.39 is 35.7 Å². The second-order valence-electron chi connectivity index (χ2n) is 10.1. The van der Waals surface area contributed by atoms with Crippen molar-refractivity contribution in [3.63, 3.8) is 0 Å². The van der Waals surface area contributed by atoms with E-state index >= 15 is 0 Å². The molecule has 2 aromatic rings. The third-order valence-corrected chi connectivity index (χ3v) is 6.22. The van der Waals surface area contributed by atoms with E-state index in [1.54, 1.807) is 27.7 Å². The number of unbranched alkanes of at least 4 members (excludes halogenated alkanes) is 1. The van der Waals surface area contributed by atoms with Crippen LogP contribution in [0.15, 0.2) is 48.5 Å². The van der Waals surface area contributed by atoms with Crippen LogP contribution in [0.5, 0.6) is 0 Å². The number of nitrogens with one attached hydrogen (secondary N) is 2. The average molecular weight is 497 g/mol. The number of carbonyl (C=O) groups excluding carboxylic acids is 2. The van der Waals surface area contributed by atoms with Crippen molar-refractivity contribution in [2.45, 2.75) is 64.5 Å². The molecule has 0 unspecified atom stereocenters. The molecule has 0 radical (unpaired) electrons. The molecule has 1 aliphatic carbocycles. The van der Waals surface area contributed by atoms with Crippen molar-refractivity contribution in [1.82, 2.24) is 10.6 Å².